The molecule has 0 spiro atoms. The predicted octanol–water partition coefficient (Wildman–Crippen LogP) is 3.51. The molecule has 1 atom stereocenters. The Kier molecular flexibility index (Phi) is 5.77. The summed E-state index contributed by atoms with van der Waals surface area (Å²) < 4.78 is 6.82. The highest BCUT2D eigenvalue weighted by Crippen LogP contribution is 2.37. The van der Waals surface area contributed by atoms with Gasteiger partial charge in [-0.3, -0.25) is 4.79 Å². The summed E-state index contributed by atoms with van der Waals surface area (Å²) in [7, 11) is 1.80. The fourth-order valence-electron chi connectivity index (χ4n) is 3.23. The Labute approximate surface area is 162 Å². The van der Waals surface area contributed by atoms with Gasteiger partial charge in [0.15, 0.2) is 0 Å². The van der Waals surface area contributed by atoms with Gasteiger partial charge in [-0.05, 0) is 42.2 Å². The van der Waals surface area contributed by atoms with Gasteiger partial charge in [0, 0.05) is 13.0 Å². The molecule has 1 N–H and O–H groups in total. The third-order valence-corrected chi connectivity index (χ3v) is 5.15. The van der Waals surface area contributed by atoms with E-state index in [2.05, 4.69) is 10.3 Å². The van der Waals surface area contributed by atoms with Crippen molar-refractivity contribution < 1.29 is 14.6 Å². The molecule has 2 aromatic carbocycles. The fourth-order valence-corrected chi connectivity index (χ4v) is 3.56. The Morgan fingerprint density at radius 3 is 2.81 bits per heavy atom. The van der Waals surface area contributed by atoms with Crippen LogP contribution in [0.25, 0.3) is 11.0 Å². The van der Waals surface area contributed by atoms with Gasteiger partial charge in [-0.2, -0.15) is 0 Å². The number of halogens is 1. The molecule has 0 bridgehead atoms. The molecular weight excluding hydrogens is 366 g/mol. The van der Waals surface area contributed by atoms with Gasteiger partial charge in [-0.25, -0.2) is 4.68 Å². The molecule has 0 aliphatic heterocycles. The van der Waals surface area contributed by atoms with Gasteiger partial charge in [0.05, 0.1) is 30.2 Å². The lowest BCUT2D eigenvalue weighted by atomic mass is 9.86. The number of hydrogen-bond acceptors (Lipinski definition) is 5. The minimum Gasteiger partial charge on any atom is -0.466 e. The van der Waals surface area contributed by atoms with Crippen LogP contribution in [0, 0.1) is 6.92 Å². The van der Waals surface area contributed by atoms with E-state index < -0.39 is 0 Å². The zero-order valence-electron chi connectivity index (χ0n) is 15.6. The summed E-state index contributed by atoms with van der Waals surface area (Å²) in [5.41, 5.74) is 4.90. The van der Waals surface area contributed by atoms with Crippen LogP contribution in [0.2, 0.25) is 5.02 Å². The first-order valence-electron chi connectivity index (χ1n) is 8.80. The van der Waals surface area contributed by atoms with Crippen molar-refractivity contribution in [2.75, 3.05) is 6.61 Å². The van der Waals surface area contributed by atoms with E-state index in [1.807, 2.05) is 37.3 Å². The third kappa shape index (κ3) is 3.82. The van der Waals surface area contributed by atoms with Crippen molar-refractivity contribution in [3.05, 3.63) is 57.6 Å². The van der Waals surface area contributed by atoms with Crippen LogP contribution < -0.4 is 0 Å². The standard InChI is InChI=1S/C20H22ClN3O3/c1-4-27-18(26)10-16(13-6-5-12(2)14(9-13)11-25)15-7-8-17-20(19(15)21)22-23-24(17)3/h5-9,16,25H,4,10-11H2,1-3H3. The van der Waals surface area contributed by atoms with Gasteiger partial charge in [-0.15, -0.1) is 5.10 Å². The van der Waals surface area contributed by atoms with Crippen molar-refractivity contribution in [3.8, 4) is 0 Å². The minimum absolute atomic E-state index is 0.0667. The second-order valence-electron chi connectivity index (χ2n) is 6.46. The quantitative estimate of drug-likeness (QED) is 0.655. The smallest absolute Gasteiger partial charge is 0.306 e. The molecule has 1 heterocycles. The van der Waals surface area contributed by atoms with Crippen molar-refractivity contribution in [1.82, 2.24) is 15.0 Å². The molecule has 0 saturated carbocycles. The number of ether oxygens (including phenoxy) is 1. The van der Waals surface area contributed by atoms with Crippen LogP contribution in [0.15, 0.2) is 30.3 Å². The maximum absolute atomic E-state index is 12.3. The van der Waals surface area contributed by atoms with Crippen molar-refractivity contribution >= 4 is 28.6 Å². The van der Waals surface area contributed by atoms with E-state index in [1.54, 1.807) is 18.7 Å². The first-order chi connectivity index (χ1) is 13.0. The molecule has 142 valence electrons. The second kappa shape index (κ2) is 8.06. The molecule has 0 amide bonds. The van der Waals surface area contributed by atoms with Crippen molar-refractivity contribution in [3.63, 3.8) is 0 Å². The number of aromatic nitrogens is 3. The summed E-state index contributed by atoms with van der Waals surface area (Å²) in [6.45, 7) is 3.97. The molecule has 0 radical (unpaired) electrons. The zero-order valence-corrected chi connectivity index (χ0v) is 16.3. The van der Waals surface area contributed by atoms with E-state index in [4.69, 9.17) is 16.3 Å². The molecule has 3 rings (SSSR count). The highest BCUT2D eigenvalue weighted by atomic mass is 35.5. The minimum atomic E-state index is -0.311. The van der Waals surface area contributed by atoms with E-state index in [0.29, 0.717) is 17.1 Å². The number of hydrogen-bond donors (Lipinski definition) is 1. The van der Waals surface area contributed by atoms with E-state index in [0.717, 1.165) is 27.8 Å². The lowest BCUT2D eigenvalue weighted by Crippen LogP contribution is -2.13. The summed E-state index contributed by atoms with van der Waals surface area (Å²) in [5.74, 6) is -0.613. The lowest BCUT2D eigenvalue weighted by molar-refractivity contribution is -0.143. The first-order valence-corrected chi connectivity index (χ1v) is 9.17. The predicted molar refractivity (Wildman–Crippen MR) is 104 cm³/mol. The maximum Gasteiger partial charge on any atom is 0.306 e. The van der Waals surface area contributed by atoms with Gasteiger partial charge >= 0.3 is 5.97 Å². The molecule has 6 nitrogen and oxygen atoms in total. The number of carbonyl (C=O) groups excluding carboxylic acids is 1. The number of fused-ring (bicyclic) bond motifs is 1. The van der Waals surface area contributed by atoms with Crippen LogP contribution in [-0.2, 0) is 23.2 Å². The summed E-state index contributed by atoms with van der Waals surface area (Å²) in [6.07, 6.45) is 0.146. The summed E-state index contributed by atoms with van der Waals surface area (Å²) in [5, 5.41) is 18.3. The number of benzene rings is 2. The van der Waals surface area contributed by atoms with Crippen molar-refractivity contribution in [2.24, 2.45) is 7.05 Å². The molecule has 27 heavy (non-hydrogen) atoms. The highest BCUT2D eigenvalue weighted by molar-refractivity contribution is 6.35. The van der Waals surface area contributed by atoms with Crippen LogP contribution >= 0.6 is 11.6 Å². The summed E-state index contributed by atoms with van der Waals surface area (Å²) in [4.78, 5) is 12.3. The summed E-state index contributed by atoms with van der Waals surface area (Å²) >= 11 is 6.65. The molecule has 1 aromatic heterocycles. The number of carbonyl (C=O) groups is 1. The lowest BCUT2D eigenvalue weighted by Gasteiger charge is -2.20. The van der Waals surface area contributed by atoms with Gasteiger partial charge in [0.25, 0.3) is 0 Å². The van der Waals surface area contributed by atoms with Crippen LogP contribution in [0.4, 0.5) is 0 Å². The Morgan fingerprint density at radius 2 is 2.11 bits per heavy atom. The molecule has 0 aliphatic rings. The van der Waals surface area contributed by atoms with Crippen LogP contribution in [0.1, 0.15) is 41.5 Å². The topological polar surface area (TPSA) is 77.2 Å². The van der Waals surface area contributed by atoms with Crippen LogP contribution in [0.3, 0.4) is 0 Å². The number of nitrogens with zero attached hydrogens (tertiary/aromatic N) is 3. The van der Waals surface area contributed by atoms with Crippen LogP contribution in [-0.4, -0.2) is 32.7 Å². The Morgan fingerprint density at radius 1 is 1.33 bits per heavy atom. The number of aliphatic hydroxyl groups is 1. The molecule has 0 saturated heterocycles. The molecule has 0 fully saturated rings. The van der Waals surface area contributed by atoms with Gasteiger partial charge in [0.1, 0.15) is 5.52 Å². The summed E-state index contributed by atoms with van der Waals surface area (Å²) in [6, 6.07) is 9.60. The Balaban J connectivity index is 2.12. The van der Waals surface area contributed by atoms with Crippen molar-refractivity contribution in [2.45, 2.75) is 32.8 Å². The number of aliphatic hydroxyl groups excluding tert-OH is 1. The number of rotatable bonds is 6. The largest absolute Gasteiger partial charge is 0.466 e. The highest BCUT2D eigenvalue weighted by Gasteiger charge is 2.24. The van der Waals surface area contributed by atoms with E-state index in [-0.39, 0.29) is 24.9 Å². The van der Waals surface area contributed by atoms with Crippen LogP contribution in [0.5, 0.6) is 0 Å². The molecule has 0 aliphatic carbocycles. The average Bonchev–Trinajstić information content (AvgIpc) is 3.03. The van der Waals surface area contributed by atoms with E-state index in [1.165, 1.54) is 0 Å². The van der Waals surface area contributed by atoms with E-state index >= 15 is 0 Å². The van der Waals surface area contributed by atoms with Gasteiger partial charge in [0.2, 0.25) is 0 Å². The molecule has 7 heteroatoms. The third-order valence-electron chi connectivity index (χ3n) is 4.75. The normalized spacial score (nSPS) is 12.3. The van der Waals surface area contributed by atoms with E-state index in [9.17, 15) is 9.90 Å². The maximum atomic E-state index is 12.3. The Hall–Kier alpha value is -2.44. The monoisotopic (exact) mass is 387 g/mol. The molecular formula is C20H22ClN3O3. The van der Waals surface area contributed by atoms with Crippen molar-refractivity contribution in [1.29, 1.82) is 0 Å². The average molecular weight is 388 g/mol. The Bertz CT molecular complexity index is 984. The fraction of sp³-hybridized carbons (Fsp3) is 0.350. The zero-order chi connectivity index (χ0) is 19.6. The molecule has 3 aromatic rings. The SMILES string of the molecule is CCOC(=O)CC(c1ccc(C)c(CO)c1)c1ccc2c(nnn2C)c1Cl. The number of esters is 1. The van der Waals surface area contributed by atoms with Gasteiger partial charge < -0.3 is 9.84 Å². The first kappa shape index (κ1) is 19.3. The second-order valence-corrected chi connectivity index (χ2v) is 6.83. The van der Waals surface area contributed by atoms with Gasteiger partial charge in [-0.1, -0.05) is 41.1 Å². The molecule has 1 unspecified atom stereocenters. The number of aryl methyl sites for hydroxylation is 2.